The van der Waals surface area contributed by atoms with Crippen LogP contribution >= 0.6 is 11.6 Å². The van der Waals surface area contributed by atoms with E-state index >= 15 is 0 Å². The summed E-state index contributed by atoms with van der Waals surface area (Å²) < 4.78 is 12.9. The number of benzene rings is 2. The van der Waals surface area contributed by atoms with Gasteiger partial charge in [-0.2, -0.15) is 0 Å². The first-order valence-electron chi connectivity index (χ1n) is 9.73. The number of nitrogens with zero attached hydrogens (tertiary/aromatic N) is 1. The summed E-state index contributed by atoms with van der Waals surface area (Å²) in [4.78, 5) is 11.6. The minimum atomic E-state index is -0.468. The van der Waals surface area contributed by atoms with Crippen molar-refractivity contribution in [2.45, 2.75) is 26.8 Å². The maximum Gasteiger partial charge on any atom is 0.411 e. The molecule has 6 nitrogen and oxygen atoms in total. The summed E-state index contributed by atoms with van der Waals surface area (Å²) in [6, 6.07) is 13.5. The number of fused-ring (bicyclic) bond motifs is 1. The zero-order valence-electron chi connectivity index (χ0n) is 16.7. The molecule has 0 aliphatic carbocycles. The Morgan fingerprint density at radius 2 is 1.93 bits per heavy atom. The number of carbonyl (C=O) groups is 1. The van der Waals surface area contributed by atoms with Crippen molar-refractivity contribution in [3.8, 4) is 17.0 Å². The van der Waals surface area contributed by atoms with Crippen LogP contribution in [0.25, 0.3) is 22.2 Å². The Balaban J connectivity index is 1.94. The summed E-state index contributed by atoms with van der Waals surface area (Å²) in [6.45, 7) is 5.52. The molecule has 0 spiro atoms. The number of nitrogens with two attached hydrogens (primary N) is 1. The zero-order chi connectivity index (χ0) is 20.8. The van der Waals surface area contributed by atoms with Crippen LogP contribution in [-0.2, 0) is 11.3 Å². The molecule has 0 radical (unpaired) electrons. The van der Waals surface area contributed by atoms with Gasteiger partial charge in [-0.25, -0.2) is 4.79 Å². The number of rotatable bonds is 8. The Kier molecular flexibility index (Phi) is 6.88. The first-order valence-corrected chi connectivity index (χ1v) is 10.3. The highest BCUT2D eigenvalue weighted by molar-refractivity contribution is 6.17. The van der Waals surface area contributed by atoms with E-state index in [9.17, 15) is 4.79 Å². The molecule has 0 fully saturated rings. The highest BCUT2D eigenvalue weighted by Crippen LogP contribution is 2.38. The summed E-state index contributed by atoms with van der Waals surface area (Å²) in [7, 11) is 0. The second-order valence-corrected chi connectivity index (χ2v) is 6.88. The average molecular weight is 416 g/mol. The molecule has 0 bridgehead atoms. The van der Waals surface area contributed by atoms with E-state index < -0.39 is 6.09 Å². The van der Waals surface area contributed by atoms with Crippen LogP contribution in [0.2, 0.25) is 0 Å². The first kappa shape index (κ1) is 20.9. The predicted octanol–water partition coefficient (Wildman–Crippen LogP) is 5.49. The van der Waals surface area contributed by atoms with Gasteiger partial charge in [0.1, 0.15) is 5.75 Å². The van der Waals surface area contributed by atoms with Crippen molar-refractivity contribution in [2.75, 3.05) is 30.1 Å². The van der Waals surface area contributed by atoms with Crippen LogP contribution in [0.5, 0.6) is 5.75 Å². The average Bonchev–Trinajstić information content (AvgIpc) is 3.00. The number of aromatic nitrogens is 1. The maximum absolute atomic E-state index is 11.6. The van der Waals surface area contributed by atoms with Crippen LogP contribution in [-0.4, -0.2) is 29.8 Å². The van der Waals surface area contributed by atoms with Crippen LogP contribution in [0.4, 0.5) is 16.2 Å². The molecule has 0 atom stereocenters. The van der Waals surface area contributed by atoms with Gasteiger partial charge in [-0.3, -0.25) is 5.32 Å². The molecule has 0 aliphatic heterocycles. The van der Waals surface area contributed by atoms with Gasteiger partial charge in [-0.05, 0) is 44.5 Å². The number of amides is 1. The molecule has 0 aliphatic rings. The van der Waals surface area contributed by atoms with Gasteiger partial charge in [-0.15, -0.1) is 11.6 Å². The molecule has 2 aromatic carbocycles. The Hall–Kier alpha value is -2.86. The maximum atomic E-state index is 11.6. The lowest BCUT2D eigenvalue weighted by Crippen LogP contribution is -2.13. The molecule has 1 amide bonds. The third-order valence-corrected chi connectivity index (χ3v) is 4.89. The molecular weight excluding hydrogens is 390 g/mol. The lowest BCUT2D eigenvalue weighted by molar-refractivity contribution is 0.168. The largest absolute Gasteiger partial charge is 0.493 e. The van der Waals surface area contributed by atoms with Crippen molar-refractivity contribution in [1.82, 2.24) is 4.57 Å². The molecule has 0 saturated carbocycles. The van der Waals surface area contributed by atoms with E-state index in [1.165, 1.54) is 0 Å². The lowest BCUT2D eigenvalue weighted by atomic mass is 10.1. The third kappa shape index (κ3) is 4.59. The van der Waals surface area contributed by atoms with Crippen LogP contribution in [0.1, 0.15) is 20.3 Å². The standard InChI is InChI=1S/C22H26ClN3O3/c1-3-26-19-14-17(29-13-5-12-23)10-11-18(19)20(24)21(26)15-6-8-16(9-7-15)25-22(27)28-4-2/h6-11,14H,3-5,12-13,24H2,1-2H3,(H,25,27). The van der Waals surface area contributed by atoms with Crippen molar-refractivity contribution >= 4 is 40.0 Å². The monoisotopic (exact) mass is 415 g/mol. The molecule has 3 rings (SSSR count). The fraction of sp³-hybridized carbons (Fsp3) is 0.318. The van der Waals surface area contributed by atoms with Gasteiger partial charge in [0, 0.05) is 35.1 Å². The van der Waals surface area contributed by atoms with Crippen LogP contribution < -0.4 is 15.8 Å². The van der Waals surface area contributed by atoms with Gasteiger partial charge in [0.05, 0.1) is 30.1 Å². The van der Waals surface area contributed by atoms with Crippen molar-refractivity contribution < 1.29 is 14.3 Å². The molecule has 3 N–H and O–H groups in total. The van der Waals surface area contributed by atoms with Crippen LogP contribution in [0.3, 0.4) is 0 Å². The topological polar surface area (TPSA) is 78.5 Å². The number of ether oxygens (including phenoxy) is 2. The normalized spacial score (nSPS) is 10.9. The fourth-order valence-corrected chi connectivity index (χ4v) is 3.44. The van der Waals surface area contributed by atoms with E-state index in [0.717, 1.165) is 46.6 Å². The highest BCUT2D eigenvalue weighted by atomic mass is 35.5. The van der Waals surface area contributed by atoms with Crippen molar-refractivity contribution in [1.29, 1.82) is 0 Å². The Bertz CT molecular complexity index is 983. The van der Waals surface area contributed by atoms with Gasteiger partial charge in [0.2, 0.25) is 0 Å². The zero-order valence-corrected chi connectivity index (χ0v) is 17.5. The van der Waals surface area contributed by atoms with E-state index in [1.807, 2.05) is 42.5 Å². The van der Waals surface area contributed by atoms with Crippen LogP contribution in [0.15, 0.2) is 42.5 Å². The summed E-state index contributed by atoms with van der Waals surface area (Å²) in [5.41, 5.74) is 10.8. The van der Waals surface area contributed by atoms with E-state index in [0.29, 0.717) is 24.8 Å². The number of alkyl halides is 1. The van der Waals surface area contributed by atoms with E-state index in [1.54, 1.807) is 6.92 Å². The summed E-state index contributed by atoms with van der Waals surface area (Å²) in [5.74, 6) is 1.38. The van der Waals surface area contributed by atoms with Crippen molar-refractivity contribution in [3.63, 3.8) is 0 Å². The Morgan fingerprint density at radius 1 is 1.17 bits per heavy atom. The second-order valence-electron chi connectivity index (χ2n) is 6.50. The van der Waals surface area contributed by atoms with E-state index in [2.05, 4.69) is 16.8 Å². The number of carbonyl (C=O) groups excluding carboxylic acids is 1. The summed E-state index contributed by atoms with van der Waals surface area (Å²) in [5, 5.41) is 3.68. The number of anilines is 2. The van der Waals surface area contributed by atoms with Gasteiger partial charge in [-0.1, -0.05) is 12.1 Å². The first-order chi connectivity index (χ1) is 14.1. The molecule has 0 saturated heterocycles. The van der Waals surface area contributed by atoms with Gasteiger partial charge >= 0.3 is 6.09 Å². The number of nitrogens with one attached hydrogen (secondary N) is 1. The summed E-state index contributed by atoms with van der Waals surface area (Å²) >= 11 is 5.73. The lowest BCUT2D eigenvalue weighted by Gasteiger charge is -2.11. The van der Waals surface area contributed by atoms with E-state index in [4.69, 9.17) is 26.8 Å². The SMILES string of the molecule is CCOC(=O)Nc1ccc(-c2c(N)c3ccc(OCCCCl)cc3n2CC)cc1. The molecule has 1 heterocycles. The van der Waals surface area contributed by atoms with E-state index in [-0.39, 0.29) is 0 Å². The third-order valence-electron chi connectivity index (χ3n) is 4.62. The minimum absolute atomic E-state index is 0.328. The van der Waals surface area contributed by atoms with Gasteiger partial charge < -0.3 is 19.8 Å². The molecular formula is C22H26ClN3O3. The van der Waals surface area contributed by atoms with Crippen LogP contribution in [0, 0.1) is 0 Å². The smallest absolute Gasteiger partial charge is 0.411 e. The van der Waals surface area contributed by atoms with Crippen molar-refractivity contribution in [3.05, 3.63) is 42.5 Å². The number of hydrogen-bond donors (Lipinski definition) is 2. The number of hydrogen-bond acceptors (Lipinski definition) is 4. The highest BCUT2D eigenvalue weighted by Gasteiger charge is 2.16. The number of nitrogen functional groups attached to an aromatic ring is 1. The second kappa shape index (κ2) is 9.56. The molecule has 3 aromatic rings. The van der Waals surface area contributed by atoms with Crippen molar-refractivity contribution in [2.24, 2.45) is 0 Å². The Labute approximate surface area is 175 Å². The van der Waals surface area contributed by atoms with Gasteiger partial charge in [0.25, 0.3) is 0 Å². The number of aryl methyl sites for hydroxylation is 1. The number of halogens is 1. The fourth-order valence-electron chi connectivity index (χ4n) is 3.33. The summed E-state index contributed by atoms with van der Waals surface area (Å²) in [6.07, 6.45) is 0.331. The minimum Gasteiger partial charge on any atom is -0.493 e. The predicted molar refractivity (Wildman–Crippen MR) is 119 cm³/mol. The molecule has 7 heteroatoms. The molecule has 0 unspecified atom stereocenters. The molecule has 154 valence electrons. The Morgan fingerprint density at radius 3 is 2.59 bits per heavy atom. The van der Waals surface area contributed by atoms with Gasteiger partial charge in [0.15, 0.2) is 0 Å². The quantitative estimate of drug-likeness (QED) is 0.377. The molecule has 1 aromatic heterocycles. The molecule has 29 heavy (non-hydrogen) atoms.